The molecule has 8 aromatic rings. The lowest BCUT2D eigenvalue weighted by Crippen LogP contribution is -2.39. The second-order valence-electron chi connectivity index (χ2n) is 11.7. The Bertz CT molecular complexity index is 2190. The number of hydrogen-bond acceptors (Lipinski definition) is 5. The molecule has 0 radical (unpaired) electrons. The van der Waals surface area contributed by atoms with E-state index in [1.54, 1.807) is 4.63 Å². The molecule has 8 heteroatoms. The van der Waals surface area contributed by atoms with Crippen LogP contribution in [-0.4, -0.2) is 39.6 Å². The van der Waals surface area contributed by atoms with Gasteiger partial charge in [0, 0.05) is 11.1 Å². The van der Waals surface area contributed by atoms with Gasteiger partial charge in [0.15, 0.2) is 11.5 Å². The summed E-state index contributed by atoms with van der Waals surface area (Å²) in [7, 11) is 0. The molecule has 0 unspecified atom stereocenters. The van der Waals surface area contributed by atoms with Crippen molar-refractivity contribution >= 4 is 5.65 Å². The summed E-state index contributed by atoms with van der Waals surface area (Å²) in [6.07, 6.45) is 1.86. The highest BCUT2D eigenvalue weighted by molar-refractivity contribution is 5.81. The largest absolute Gasteiger partial charge is 0.307 e. The van der Waals surface area contributed by atoms with Gasteiger partial charge in [-0.1, -0.05) is 140 Å². The van der Waals surface area contributed by atoms with Crippen LogP contribution in [0.2, 0.25) is 0 Å². The van der Waals surface area contributed by atoms with Crippen molar-refractivity contribution < 1.29 is 0 Å². The van der Waals surface area contributed by atoms with Gasteiger partial charge in [0.25, 0.3) is 0 Å². The number of aromatic nitrogens is 8. The summed E-state index contributed by atoms with van der Waals surface area (Å²) < 4.78 is 5.90. The molecule has 3 aromatic heterocycles. The van der Waals surface area contributed by atoms with Gasteiger partial charge in [-0.05, 0) is 57.7 Å². The molecule has 0 saturated heterocycles. The fraction of sp³-hybridized carbons (Fsp3) is 0.103. The minimum absolute atomic E-state index is 0.675. The molecule has 3 heterocycles. The second-order valence-corrected chi connectivity index (χ2v) is 11.7. The molecular weight excluding hydrogens is 580 g/mol. The highest BCUT2D eigenvalue weighted by Crippen LogP contribution is 2.43. The summed E-state index contributed by atoms with van der Waals surface area (Å²) in [5, 5.41) is 22.7. The number of tetrazole rings is 1. The highest BCUT2D eigenvalue weighted by atomic mass is 15.6. The van der Waals surface area contributed by atoms with Crippen LogP contribution in [0.15, 0.2) is 146 Å². The zero-order valence-electron chi connectivity index (χ0n) is 26.1. The van der Waals surface area contributed by atoms with Gasteiger partial charge < -0.3 is 4.57 Å². The Kier molecular flexibility index (Phi) is 7.02. The van der Waals surface area contributed by atoms with Crippen LogP contribution in [0.4, 0.5) is 0 Å². The van der Waals surface area contributed by atoms with Crippen LogP contribution in [-0.2, 0) is 12.1 Å². The molecule has 47 heavy (non-hydrogen) atoms. The molecule has 0 aliphatic rings. The van der Waals surface area contributed by atoms with Crippen molar-refractivity contribution in [1.29, 1.82) is 0 Å². The first-order valence-electron chi connectivity index (χ1n) is 15.7. The smallest absolute Gasteiger partial charge is 0.184 e. The van der Waals surface area contributed by atoms with Crippen LogP contribution in [0.5, 0.6) is 0 Å². The number of benzene rings is 5. The number of fused-ring (bicyclic) bond motifs is 1. The van der Waals surface area contributed by atoms with E-state index in [4.69, 9.17) is 10.3 Å². The van der Waals surface area contributed by atoms with E-state index in [0.29, 0.717) is 12.4 Å². The van der Waals surface area contributed by atoms with Gasteiger partial charge in [0.1, 0.15) is 11.4 Å². The molecule has 0 atom stereocenters. The zero-order chi connectivity index (χ0) is 31.8. The van der Waals surface area contributed by atoms with E-state index in [1.165, 1.54) is 5.56 Å². The van der Waals surface area contributed by atoms with Crippen LogP contribution < -0.4 is 0 Å². The normalized spacial score (nSPS) is 11.7. The molecular formula is C39H32N8. The maximum atomic E-state index is 4.76. The Morgan fingerprint density at radius 2 is 1.17 bits per heavy atom. The van der Waals surface area contributed by atoms with Gasteiger partial charge >= 0.3 is 0 Å². The molecule has 0 spiro atoms. The van der Waals surface area contributed by atoms with Crippen LogP contribution in [0.25, 0.3) is 28.2 Å². The molecule has 5 aromatic carbocycles. The molecule has 0 saturated carbocycles. The van der Waals surface area contributed by atoms with Crippen molar-refractivity contribution in [2.45, 2.75) is 25.9 Å². The van der Waals surface area contributed by atoms with Crippen LogP contribution in [0, 0.1) is 13.8 Å². The van der Waals surface area contributed by atoms with Crippen molar-refractivity contribution in [3.05, 3.63) is 179 Å². The first-order chi connectivity index (χ1) is 23.1. The molecule has 8 rings (SSSR count). The molecule has 0 amide bonds. The van der Waals surface area contributed by atoms with Crippen LogP contribution in [0.3, 0.4) is 0 Å². The average molecular weight is 613 g/mol. The third-order valence-corrected chi connectivity index (χ3v) is 8.92. The summed E-state index contributed by atoms with van der Waals surface area (Å²) in [4.78, 5) is 0. The SMILES string of the molecule is Cc1cnn2nc(C)n(Cc3ccc(-c4ccccc4-c4nnnn4C(c4ccccc4)(c4ccccc4)c4ccccc4)cc3)c12. The van der Waals surface area contributed by atoms with E-state index in [0.717, 1.165) is 50.4 Å². The standard InChI is InChI=1S/C39H32N8/c1-28-26-40-47-38(28)45(29(2)42-47)27-30-22-24-31(25-23-30)35-20-12-13-21-36(35)37-41-43-44-46(37)39(32-14-6-3-7-15-32,33-16-8-4-9-17-33)34-18-10-5-11-19-34/h3-26H,27H2,1-2H3. The summed E-state index contributed by atoms with van der Waals surface area (Å²) in [6.45, 7) is 4.79. The Balaban J connectivity index is 1.26. The fourth-order valence-electron chi connectivity index (χ4n) is 6.73. The molecule has 0 N–H and O–H groups in total. The van der Waals surface area contributed by atoms with Crippen molar-refractivity contribution in [3.8, 4) is 22.5 Å². The fourth-order valence-corrected chi connectivity index (χ4v) is 6.73. The Morgan fingerprint density at radius 3 is 1.77 bits per heavy atom. The first-order valence-corrected chi connectivity index (χ1v) is 15.7. The number of hydrogen-bond donors (Lipinski definition) is 0. The van der Waals surface area contributed by atoms with Gasteiger partial charge in [-0.15, -0.1) is 14.8 Å². The van der Waals surface area contributed by atoms with Crippen LogP contribution in [0.1, 0.15) is 33.6 Å². The van der Waals surface area contributed by atoms with Gasteiger partial charge in [0.05, 0.1) is 12.7 Å². The molecule has 0 aliphatic carbocycles. The minimum Gasteiger partial charge on any atom is -0.307 e. The Labute approximate surface area is 272 Å². The van der Waals surface area contributed by atoms with Crippen molar-refractivity contribution in [2.75, 3.05) is 0 Å². The number of rotatable bonds is 8. The molecule has 0 aliphatic heterocycles. The van der Waals surface area contributed by atoms with E-state index >= 15 is 0 Å². The lowest BCUT2D eigenvalue weighted by Gasteiger charge is -2.36. The predicted molar refractivity (Wildman–Crippen MR) is 183 cm³/mol. The lowest BCUT2D eigenvalue weighted by atomic mass is 9.77. The summed E-state index contributed by atoms with van der Waals surface area (Å²) >= 11 is 0. The van der Waals surface area contributed by atoms with Crippen LogP contribution >= 0.6 is 0 Å². The van der Waals surface area contributed by atoms with Crippen molar-refractivity contribution in [1.82, 2.24) is 39.6 Å². The average Bonchev–Trinajstić information content (AvgIpc) is 3.84. The van der Waals surface area contributed by atoms with Crippen molar-refractivity contribution in [2.24, 2.45) is 0 Å². The van der Waals surface area contributed by atoms with E-state index in [1.807, 2.05) is 42.1 Å². The zero-order valence-corrected chi connectivity index (χ0v) is 26.1. The number of aryl methyl sites for hydroxylation is 2. The van der Waals surface area contributed by atoms with E-state index in [-0.39, 0.29) is 0 Å². The third-order valence-electron chi connectivity index (χ3n) is 8.92. The number of nitrogens with zero attached hydrogens (tertiary/aromatic N) is 8. The molecule has 8 nitrogen and oxygen atoms in total. The first kappa shape index (κ1) is 28.3. The van der Waals surface area contributed by atoms with Gasteiger partial charge in [-0.2, -0.15) is 5.10 Å². The predicted octanol–water partition coefficient (Wildman–Crippen LogP) is 7.36. The third kappa shape index (κ3) is 4.73. The Hall–Kier alpha value is -6.15. The second kappa shape index (κ2) is 11.7. The summed E-state index contributed by atoms with van der Waals surface area (Å²) in [5.74, 6) is 1.60. The molecule has 228 valence electrons. The van der Waals surface area contributed by atoms with Gasteiger partial charge in [-0.25, -0.2) is 4.68 Å². The highest BCUT2D eigenvalue weighted by Gasteiger charge is 2.42. The van der Waals surface area contributed by atoms with E-state index in [9.17, 15) is 0 Å². The van der Waals surface area contributed by atoms with E-state index < -0.39 is 5.54 Å². The summed E-state index contributed by atoms with van der Waals surface area (Å²) in [6, 6.07) is 48.5. The minimum atomic E-state index is -0.834. The summed E-state index contributed by atoms with van der Waals surface area (Å²) in [5.41, 5.74) is 8.71. The quantitative estimate of drug-likeness (QED) is 0.168. The molecule has 0 fully saturated rings. The van der Waals surface area contributed by atoms with Gasteiger partial charge in [-0.3, -0.25) is 0 Å². The molecule has 0 bridgehead atoms. The maximum absolute atomic E-state index is 4.76. The topological polar surface area (TPSA) is 78.7 Å². The monoisotopic (exact) mass is 612 g/mol. The Morgan fingerprint density at radius 1 is 0.617 bits per heavy atom. The van der Waals surface area contributed by atoms with Crippen molar-refractivity contribution in [3.63, 3.8) is 0 Å². The maximum Gasteiger partial charge on any atom is 0.184 e. The van der Waals surface area contributed by atoms with E-state index in [2.05, 4.69) is 142 Å². The van der Waals surface area contributed by atoms with Gasteiger partial charge in [0.2, 0.25) is 0 Å². The lowest BCUT2D eigenvalue weighted by molar-refractivity contribution is 0.451.